The third kappa shape index (κ3) is 3.89. The first-order valence-electron chi connectivity index (χ1n) is 5.71. The lowest BCUT2D eigenvalue weighted by Gasteiger charge is -2.03. The number of nitrogens with zero attached hydrogens (tertiary/aromatic N) is 1. The van der Waals surface area contributed by atoms with E-state index in [2.05, 4.69) is 10.3 Å². The number of amides is 1. The number of hydrogen-bond acceptors (Lipinski definition) is 3. The third-order valence-electron chi connectivity index (χ3n) is 2.43. The largest absolute Gasteiger partial charge is 0.329 e. The van der Waals surface area contributed by atoms with Gasteiger partial charge in [0.1, 0.15) is 0 Å². The quantitative estimate of drug-likeness (QED) is 0.640. The maximum atomic E-state index is 10.3. The van der Waals surface area contributed by atoms with Gasteiger partial charge in [0.15, 0.2) is 0 Å². The van der Waals surface area contributed by atoms with Crippen LogP contribution >= 0.6 is 11.8 Å². The second kappa shape index (κ2) is 6.81. The van der Waals surface area contributed by atoms with Gasteiger partial charge in [-0.15, -0.1) is 11.8 Å². The van der Waals surface area contributed by atoms with Crippen molar-refractivity contribution in [2.75, 3.05) is 11.1 Å². The lowest BCUT2D eigenvalue weighted by molar-refractivity contribution is -0.105. The van der Waals surface area contributed by atoms with Crippen molar-refractivity contribution in [3.63, 3.8) is 0 Å². The van der Waals surface area contributed by atoms with E-state index >= 15 is 0 Å². The van der Waals surface area contributed by atoms with Crippen molar-refractivity contribution in [2.45, 2.75) is 11.3 Å². The molecule has 0 saturated carbocycles. The topological polar surface area (TPSA) is 42.0 Å². The maximum absolute atomic E-state index is 10.3. The molecule has 92 valence electrons. The zero-order valence-electron chi connectivity index (χ0n) is 9.87. The van der Waals surface area contributed by atoms with E-state index in [4.69, 9.17) is 0 Å². The van der Waals surface area contributed by atoms with Crippen LogP contribution in [-0.2, 0) is 11.2 Å². The highest BCUT2D eigenvalue weighted by Gasteiger charge is 1.97. The molecule has 0 radical (unpaired) electrons. The Hall–Kier alpha value is -1.81. The second-order valence-corrected chi connectivity index (χ2v) is 4.87. The summed E-state index contributed by atoms with van der Waals surface area (Å²) < 4.78 is 0. The fourth-order valence-electron chi connectivity index (χ4n) is 1.53. The van der Waals surface area contributed by atoms with Gasteiger partial charge in [-0.1, -0.05) is 6.07 Å². The van der Waals surface area contributed by atoms with Crippen LogP contribution in [0.4, 0.5) is 5.69 Å². The van der Waals surface area contributed by atoms with Crippen LogP contribution < -0.4 is 5.32 Å². The maximum Gasteiger partial charge on any atom is 0.211 e. The first-order chi connectivity index (χ1) is 8.88. The van der Waals surface area contributed by atoms with Gasteiger partial charge in [-0.25, -0.2) is 0 Å². The molecule has 0 aliphatic heterocycles. The first kappa shape index (κ1) is 12.6. The smallest absolute Gasteiger partial charge is 0.211 e. The zero-order chi connectivity index (χ0) is 12.6. The van der Waals surface area contributed by atoms with E-state index in [-0.39, 0.29) is 0 Å². The molecule has 1 N–H and O–H groups in total. The molecule has 1 amide bonds. The van der Waals surface area contributed by atoms with Gasteiger partial charge in [0, 0.05) is 28.2 Å². The lowest BCUT2D eigenvalue weighted by Crippen LogP contribution is -1.93. The highest BCUT2D eigenvalue weighted by Crippen LogP contribution is 2.20. The van der Waals surface area contributed by atoms with Crippen molar-refractivity contribution in [1.29, 1.82) is 0 Å². The number of aromatic nitrogens is 1. The Kier molecular flexibility index (Phi) is 4.78. The molecule has 1 aromatic heterocycles. The van der Waals surface area contributed by atoms with Crippen LogP contribution in [0.5, 0.6) is 0 Å². The predicted octanol–water partition coefficient (Wildman–Crippen LogP) is 2.98. The summed E-state index contributed by atoms with van der Waals surface area (Å²) in [5, 5.41) is 2.62. The zero-order valence-corrected chi connectivity index (χ0v) is 10.7. The predicted molar refractivity (Wildman–Crippen MR) is 74.8 cm³/mol. The van der Waals surface area contributed by atoms with E-state index in [0.29, 0.717) is 6.41 Å². The van der Waals surface area contributed by atoms with Crippen molar-refractivity contribution in [3.05, 3.63) is 54.4 Å². The van der Waals surface area contributed by atoms with Gasteiger partial charge in [0.05, 0.1) is 0 Å². The van der Waals surface area contributed by atoms with E-state index in [9.17, 15) is 4.79 Å². The molecule has 4 heteroatoms. The summed E-state index contributed by atoms with van der Waals surface area (Å²) in [5.41, 5.74) is 1.93. The van der Waals surface area contributed by atoms with Gasteiger partial charge in [0.2, 0.25) is 6.41 Å². The fraction of sp³-hybridized carbons (Fsp3) is 0.143. The number of carbonyl (C=O) groups excluding carboxylic acids is 1. The summed E-state index contributed by atoms with van der Waals surface area (Å²) in [5.74, 6) is 0.997. The Morgan fingerprint density at radius 2 is 2.00 bits per heavy atom. The molecule has 2 aromatic rings. The Morgan fingerprint density at radius 1 is 1.17 bits per heavy atom. The van der Waals surface area contributed by atoms with Crippen molar-refractivity contribution in [2.24, 2.45) is 0 Å². The number of pyridine rings is 1. The monoisotopic (exact) mass is 258 g/mol. The van der Waals surface area contributed by atoms with Crippen molar-refractivity contribution in [1.82, 2.24) is 4.98 Å². The minimum absolute atomic E-state index is 0.684. The molecule has 0 aliphatic carbocycles. The van der Waals surface area contributed by atoms with Gasteiger partial charge in [0.25, 0.3) is 0 Å². The number of hydrogen-bond donors (Lipinski definition) is 1. The Balaban J connectivity index is 1.81. The Bertz CT molecular complexity index is 485. The average molecular weight is 258 g/mol. The number of anilines is 1. The van der Waals surface area contributed by atoms with Gasteiger partial charge >= 0.3 is 0 Å². The SMILES string of the molecule is O=CNc1ccc(SCCc2ccccn2)cc1. The minimum Gasteiger partial charge on any atom is -0.329 e. The van der Waals surface area contributed by atoms with E-state index in [0.717, 1.165) is 23.6 Å². The summed E-state index contributed by atoms with van der Waals surface area (Å²) >= 11 is 1.79. The average Bonchev–Trinajstić information content (AvgIpc) is 2.42. The van der Waals surface area contributed by atoms with Crippen LogP contribution in [0.15, 0.2) is 53.6 Å². The lowest BCUT2D eigenvalue weighted by atomic mass is 10.3. The Morgan fingerprint density at radius 3 is 2.67 bits per heavy atom. The van der Waals surface area contributed by atoms with E-state index in [1.165, 1.54) is 4.90 Å². The third-order valence-corrected chi connectivity index (χ3v) is 3.45. The van der Waals surface area contributed by atoms with E-state index in [1.807, 2.05) is 48.7 Å². The standard InChI is InChI=1S/C14H14N2OS/c17-11-16-13-4-6-14(7-5-13)18-10-8-12-3-1-2-9-15-12/h1-7,9,11H,8,10H2,(H,16,17). The number of thioether (sulfide) groups is 1. The number of carbonyl (C=O) groups is 1. The molecule has 0 fully saturated rings. The summed E-state index contributed by atoms with van der Waals surface area (Å²) in [6, 6.07) is 13.8. The molecule has 0 atom stereocenters. The number of nitrogens with one attached hydrogen (secondary N) is 1. The number of benzene rings is 1. The van der Waals surface area contributed by atoms with E-state index in [1.54, 1.807) is 11.8 Å². The fourth-order valence-corrected chi connectivity index (χ4v) is 2.41. The molecule has 0 unspecified atom stereocenters. The number of aryl methyl sites for hydroxylation is 1. The van der Waals surface area contributed by atoms with Gasteiger partial charge < -0.3 is 5.32 Å². The molecule has 2 rings (SSSR count). The molecule has 1 heterocycles. The van der Waals surface area contributed by atoms with Crippen LogP contribution in [0.2, 0.25) is 0 Å². The molecule has 0 saturated heterocycles. The van der Waals surface area contributed by atoms with Gasteiger partial charge in [-0.2, -0.15) is 0 Å². The summed E-state index contributed by atoms with van der Waals surface area (Å²) in [7, 11) is 0. The molecule has 0 aliphatic rings. The van der Waals surface area contributed by atoms with E-state index < -0.39 is 0 Å². The van der Waals surface area contributed by atoms with Crippen molar-refractivity contribution >= 4 is 23.9 Å². The molecule has 1 aromatic carbocycles. The van der Waals surface area contributed by atoms with Gasteiger partial charge in [-0.3, -0.25) is 9.78 Å². The van der Waals surface area contributed by atoms with Crippen LogP contribution in [0.1, 0.15) is 5.69 Å². The highest BCUT2D eigenvalue weighted by atomic mass is 32.2. The molecule has 0 bridgehead atoms. The molecule has 0 spiro atoms. The second-order valence-electron chi connectivity index (χ2n) is 3.71. The Labute approximate surface area is 111 Å². The minimum atomic E-state index is 0.684. The van der Waals surface area contributed by atoms with Crippen LogP contribution in [0.3, 0.4) is 0 Å². The van der Waals surface area contributed by atoms with Crippen LogP contribution in [-0.4, -0.2) is 17.1 Å². The summed E-state index contributed by atoms with van der Waals surface area (Å²) in [6.45, 7) is 0. The van der Waals surface area contributed by atoms with Crippen LogP contribution in [0.25, 0.3) is 0 Å². The highest BCUT2D eigenvalue weighted by molar-refractivity contribution is 7.99. The van der Waals surface area contributed by atoms with Gasteiger partial charge in [-0.05, 0) is 42.8 Å². The molecular formula is C14H14N2OS. The molecule has 18 heavy (non-hydrogen) atoms. The first-order valence-corrected chi connectivity index (χ1v) is 6.70. The van der Waals surface area contributed by atoms with Crippen molar-refractivity contribution in [3.8, 4) is 0 Å². The number of rotatable bonds is 6. The molecular weight excluding hydrogens is 244 g/mol. The normalized spacial score (nSPS) is 10.0. The van der Waals surface area contributed by atoms with Crippen molar-refractivity contribution < 1.29 is 4.79 Å². The summed E-state index contributed by atoms with van der Waals surface area (Å²) in [4.78, 5) is 15.7. The summed E-state index contributed by atoms with van der Waals surface area (Å²) in [6.07, 6.45) is 3.46. The molecule has 3 nitrogen and oxygen atoms in total. The van der Waals surface area contributed by atoms with Crippen LogP contribution in [0, 0.1) is 0 Å².